The molecule has 7 heteroatoms. The van der Waals surface area contributed by atoms with E-state index in [1.165, 1.54) is 5.01 Å². The van der Waals surface area contributed by atoms with Gasteiger partial charge in [0.25, 0.3) is 0 Å². The average molecular weight is 233 g/mol. The second-order valence-corrected chi connectivity index (χ2v) is 3.41. The molecule has 1 aromatic heterocycles. The lowest BCUT2D eigenvalue weighted by molar-refractivity contribution is 0.0691. The molecule has 88 valence electrons. The maximum Gasteiger partial charge on any atom is 0.360 e. The third kappa shape index (κ3) is 2.40. The minimum absolute atomic E-state index is 0.112. The van der Waals surface area contributed by atoms with Gasteiger partial charge in [0.15, 0.2) is 5.82 Å². The maximum atomic E-state index is 10.8. The molecule has 0 saturated heterocycles. The molecule has 0 bridgehead atoms. The molecule has 0 fully saturated rings. The first-order valence-electron chi connectivity index (χ1n) is 4.88. The number of carbonyl (C=O) groups is 1. The van der Waals surface area contributed by atoms with Gasteiger partial charge in [0.05, 0.1) is 6.54 Å². The molecule has 1 aromatic carbocycles. The van der Waals surface area contributed by atoms with Gasteiger partial charge in [-0.3, -0.25) is 5.01 Å². The standard InChI is InChI=1S/C10H11N5O2/c11-15(6-7-4-2-1-3-5-7)9-8(10(16)17)12-14-13-9/h1-5H,6,11H2,(H,16,17)(H,12,13,14). The van der Waals surface area contributed by atoms with Crippen LogP contribution in [0.15, 0.2) is 30.3 Å². The summed E-state index contributed by atoms with van der Waals surface area (Å²) in [4.78, 5) is 10.8. The summed E-state index contributed by atoms with van der Waals surface area (Å²) >= 11 is 0. The number of hydrogen-bond acceptors (Lipinski definition) is 5. The van der Waals surface area contributed by atoms with Crippen LogP contribution in [-0.2, 0) is 6.54 Å². The van der Waals surface area contributed by atoms with E-state index in [9.17, 15) is 4.79 Å². The second-order valence-electron chi connectivity index (χ2n) is 3.41. The molecule has 0 aliphatic rings. The highest BCUT2D eigenvalue weighted by Crippen LogP contribution is 2.13. The van der Waals surface area contributed by atoms with Crippen LogP contribution in [-0.4, -0.2) is 26.5 Å². The van der Waals surface area contributed by atoms with Crippen molar-refractivity contribution in [3.05, 3.63) is 41.6 Å². The van der Waals surface area contributed by atoms with E-state index in [0.29, 0.717) is 6.54 Å². The highest BCUT2D eigenvalue weighted by atomic mass is 16.4. The minimum atomic E-state index is -1.17. The number of nitrogens with one attached hydrogen (secondary N) is 1. The maximum absolute atomic E-state index is 10.8. The van der Waals surface area contributed by atoms with E-state index in [-0.39, 0.29) is 11.5 Å². The van der Waals surface area contributed by atoms with Gasteiger partial charge >= 0.3 is 5.97 Å². The Labute approximate surface area is 96.8 Å². The fourth-order valence-corrected chi connectivity index (χ4v) is 1.42. The molecule has 0 unspecified atom stereocenters. The third-order valence-corrected chi connectivity index (χ3v) is 2.20. The van der Waals surface area contributed by atoms with Crippen LogP contribution in [0.25, 0.3) is 0 Å². The summed E-state index contributed by atoms with van der Waals surface area (Å²) in [5.41, 5.74) is 0.762. The first-order chi connectivity index (χ1) is 8.18. The SMILES string of the molecule is NN(Cc1ccccc1)c1n[nH]nc1C(=O)O. The topological polar surface area (TPSA) is 108 Å². The summed E-state index contributed by atoms with van der Waals surface area (Å²) in [7, 11) is 0. The minimum Gasteiger partial charge on any atom is -0.476 e. The Balaban J connectivity index is 2.17. The number of hydrazine groups is 1. The van der Waals surface area contributed by atoms with Crippen molar-refractivity contribution < 1.29 is 9.90 Å². The average Bonchev–Trinajstić information content (AvgIpc) is 2.79. The first-order valence-corrected chi connectivity index (χ1v) is 4.88. The largest absolute Gasteiger partial charge is 0.476 e. The normalized spacial score (nSPS) is 10.2. The van der Waals surface area contributed by atoms with E-state index in [1.54, 1.807) is 0 Å². The zero-order valence-electron chi connectivity index (χ0n) is 8.87. The Hall–Kier alpha value is -2.41. The Bertz CT molecular complexity index is 510. The number of hydrogen-bond donors (Lipinski definition) is 3. The molecule has 0 spiro atoms. The smallest absolute Gasteiger partial charge is 0.360 e. The van der Waals surface area contributed by atoms with Gasteiger partial charge in [-0.2, -0.15) is 5.21 Å². The van der Waals surface area contributed by atoms with Crippen LogP contribution in [0.5, 0.6) is 0 Å². The van der Waals surface area contributed by atoms with E-state index in [2.05, 4.69) is 15.4 Å². The number of carboxylic acid groups (broad SMARTS) is 1. The Morgan fingerprint density at radius 2 is 2.06 bits per heavy atom. The molecule has 0 saturated carbocycles. The zero-order valence-corrected chi connectivity index (χ0v) is 8.87. The van der Waals surface area contributed by atoms with Crippen LogP contribution >= 0.6 is 0 Å². The van der Waals surface area contributed by atoms with Gasteiger partial charge in [-0.1, -0.05) is 30.3 Å². The molecule has 1 heterocycles. The van der Waals surface area contributed by atoms with Crippen molar-refractivity contribution in [2.75, 3.05) is 5.01 Å². The van der Waals surface area contributed by atoms with Crippen molar-refractivity contribution >= 4 is 11.8 Å². The van der Waals surface area contributed by atoms with Gasteiger partial charge in [-0.25, -0.2) is 10.6 Å². The summed E-state index contributed by atoms with van der Waals surface area (Å²) in [6.45, 7) is 0.355. The van der Waals surface area contributed by atoms with Gasteiger partial charge < -0.3 is 5.11 Å². The monoisotopic (exact) mass is 233 g/mol. The molecule has 17 heavy (non-hydrogen) atoms. The molecule has 0 atom stereocenters. The van der Waals surface area contributed by atoms with E-state index in [1.807, 2.05) is 30.3 Å². The van der Waals surface area contributed by atoms with Gasteiger partial charge in [-0.05, 0) is 5.56 Å². The molecule has 2 rings (SSSR count). The van der Waals surface area contributed by atoms with Crippen LogP contribution in [0, 0.1) is 0 Å². The quantitative estimate of drug-likeness (QED) is 0.520. The van der Waals surface area contributed by atoms with E-state index in [0.717, 1.165) is 5.56 Å². The van der Waals surface area contributed by atoms with Gasteiger partial charge in [0.2, 0.25) is 5.69 Å². The molecular weight excluding hydrogens is 222 g/mol. The van der Waals surface area contributed by atoms with Crippen LogP contribution in [0.3, 0.4) is 0 Å². The summed E-state index contributed by atoms with van der Waals surface area (Å²) in [6, 6.07) is 9.43. The highest BCUT2D eigenvalue weighted by Gasteiger charge is 2.19. The molecule has 0 radical (unpaired) electrons. The summed E-state index contributed by atoms with van der Waals surface area (Å²) in [5, 5.41) is 19.6. The predicted octanol–water partition coefficient (Wildman–Crippen LogP) is 0.383. The van der Waals surface area contributed by atoms with Crippen molar-refractivity contribution in [2.24, 2.45) is 5.84 Å². The van der Waals surface area contributed by atoms with Crippen molar-refractivity contribution in [3.8, 4) is 0 Å². The van der Waals surface area contributed by atoms with Crippen LogP contribution < -0.4 is 10.9 Å². The lowest BCUT2D eigenvalue weighted by atomic mass is 10.2. The lowest BCUT2D eigenvalue weighted by Gasteiger charge is -2.15. The van der Waals surface area contributed by atoms with Crippen molar-refractivity contribution in [2.45, 2.75) is 6.54 Å². The summed E-state index contributed by atoms with van der Waals surface area (Å²) < 4.78 is 0. The fourth-order valence-electron chi connectivity index (χ4n) is 1.42. The summed E-state index contributed by atoms with van der Waals surface area (Å²) in [6.07, 6.45) is 0. The van der Waals surface area contributed by atoms with E-state index in [4.69, 9.17) is 10.9 Å². The number of aromatic carboxylic acids is 1. The Kier molecular flexibility index (Phi) is 3.01. The molecule has 4 N–H and O–H groups in total. The van der Waals surface area contributed by atoms with Gasteiger partial charge in [0, 0.05) is 0 Å². The van der Waals surface area contributed by atoms with Crippen LogP contribution in [0.4, 0.5) is 5.82 Å². The highest BCUT2D eigenvalue weighted by molar-refractivity contribution is 5.90. The van der Waals surface area contributed by atoms with Gasteiger partial charge in [-0.15, -0.1) is 10.2 Å². The molecule has 2 aromatic rings. The van der Waals surface area contributed by atoms with E-state index < -0.39 is 5.97 Å². The molecule has 0 aliphatic carbocycles. The number of anilines is 1. The number of carboxylic acids is 1. The number of rotatable bonds is 4. The number of nitrogens with zero attached hydrogens (tertiary/aromatic N) is 3. The van der Waals surface area contributed by atoms with Crippen LogP contribution in [0.1, 0.15) is 16.1 Å². The number of nitrogens with two attached hydrogens (primary N) is 1. The second kappa shape index (κ2) is 4.62. The number of aromatic amines is 1. The molecule has 0 amide bonds. The zero-order chi connectivity index (χ0) is 12.3. The van der Waals surface area contributed by atoms with E-state index >= 15 is 0 Å². The molecular formula is C10H11N5O2. The Morgan fingerprint density at radius 1 is 1.35 bits per heavy atom. The number of H-pyrrole nitrogens is 1. The van der Waals surface area contributed by atoms with Gasteiger partial charge in [0.1, 0.15) is 0 Å². The summed E-state index contributed by atoms with van der Waals surface area (Å²) in [5.74, 6) is 4.70. The molecule has 0 aliphatic heterocycles. The van der Waals surface area contributed by atoms with Crippen LogP contribution in [0.2, 0.25) is 0 Å². The van der Waals surface area contributed by atoms with Crippen molar-refractivity contribution in [1.82, 2.24) is 15.4 Å². The molecule has 7 nitrogen and oxygen atoms in total. The number of benzene rings is 1. The first kappa shape index (κ1) is 11.1. The predicted molar refractivity (Wildman–Crippen MR) is 60.2 cm³/mol. The lowest BCUT2D eigenvalue weighted by Crippen LogP contribution is -2.31. The fraction of sp³-hybridized carbons (Fsp3) is 0.100. The van der Waals surface area contributed by atoms with Crippen molar-refractivity contribution in [1.29, 1.82) is 0 Å². The van der Waals surface area contributed by atoms with Crippen molar-refractivity contribution in [3.63, 3.8) is 0 Å². The Morgan fingerprint density at radius 3 is 2.71 bits per heavy atom. The number of aromatic nitrogens is 3. The third-order valence-electron chi connectivity index (χ3n) is 2.20.